The van der Waals surface area contributed by atoms with Gasteiger partial charge < -0.3 is 5.32 Å². The number of hydrogen-bond acceptors (Lipinski definition) is 4. The van der Waals surface area contributed by atoms with Gasteiger partial charge >= 0.3 is 5.69 Å². The van der Waals surface area contributed by atoms with E-state index in [1.165, 1.54) is 34.4 Å². The highest BCUT2D eigenvalue weighted by Crippen LogP contribution is 2.16. The maximum Gasteiger partial charge on any atom is 0.332 e. The molecule has 9 heteroatoms. The number of benzene rings is 1. The number of fused-ring (bicyclic) bond motifs is 1. The predicted molar refractivity (Wildman–Crippen MR) is 113 cm³/mol. The van der Waals surface area contributed by atoms with Gasteiger partial charge in [0, 0.05) is 31.9 Å². The minimum atomic E-state index is -0.731. The van der Waals surface area contributed by atoms with Crippen LogP contribution < -0.4 is 22.1 Å². The van der Waals surface area contributed by atoms with E-state index in [9.17, 15) is 23.6 Å². The zero-order valence-corrected chi connectivity index (χ0v) is 17.1. The predicted octanol–water partition coefficient (Wildman–Crippen LogP) is 2.07. The number of nitrogens with one attached hydrogen (secondary N) is 1. The number of amides is 1. The maximum atomic E-state index is 13.5. The molecule has 3 rings (SSSR count). The highest BCUT2D eigenvalue weighted by Gasteiger charge is 2.22. The molecule has 0 aliphatic heterocycles. The molecule has 0 unspecified atom stereocenters. The second kappa shape index (κ2) is 8.48. The fourth-order valence-corrected chi connectivity index (χ4v) is 3.49. The van der Waals surface area contributed by atoms with E-state index < -0.39 is 28.5 Å². The minimum absolute atomic E-state index is 0.0208. The number of carbonyl (C=O) groups is 1. The number of halogens is 1. The summed E-state index contributed by atoms with van der Waals surface area (Å²) in [4.78, 5) is 51.6. The van der Waals surface area contributed by atoms with Gasteiger partial charge in [-0.2, -0.15) is 0 Å². The first-order chi connectivity index (χ1) is 14.3. The van der Waals surface area contributed by atoms with Crippen LogP contribution in [0.5, 0.6) is 0 Å². The van der Waals surface area contributed by atoms with Crippen molar-refractivity contribution in [2.75, 3.05) is 5.32 Å². The largest absolute Gasteiger partial charge is 0.332 e. The zero-order valence-electron chi connectivity index (χ0n) is 17.1. The van der Waals surface area contributed by atoms with Crippen molar-refractivity contribution in [2.45, 2.75) is 39.8 Å². The molecule has 0 saturated heterocycles. The van der Waals surface area contributed by atoms with E-state index in [1.807, 2.05) is 13.8 Å². The summed E-state index contributed by atoms with van der Waals surface area (Å²) in [7, 11) is 1.47. The number of rotatable bonds is 6. The van der Waals surface area contributed by atoms with Crippen molar-refractivity contribution < 1.29 is 9.18 Å². The molecule has 0 bridgehead atoms. The summed E-state index contributed by atoms with van der Waals surface area (Å²) < 4.78 is 17.1. The van der Waals surface area contributed by atoms with E-state index in [2.05, 4.69) is 5.32 Å². The van der Waals surface area contributed by atoms with Crippen molar-refractivity contribution in [1.82, 2.24) is 13.7 Å². The highest BCUT2D eigenvalue weighted by atomic mass is 19.1. The van der Waals surface area contributed by atoms with Crippen LogP contribution in [0.25, 0.3) is 11.0 Å². The van der Waals surface area contributed by atoms with Crippen LogP contribution in [0.4, 0.5) is 10.1 Å². The standard InChI is InChI=1S/C21H23FN4O4/c1-4-9-25-16(27)12-15(18(28)23-14-8-6-7-13(22)11-14)17-19(25)24(3)21(30)26(10-5-2)20(17)29/h6-8,11-12H,4-5,9-10H2,1-3H3,(H,23,28). The molecule has 1 amide bonds. The summed E-state index contributed by atoms with van der Waals surface area (Å²) in [6, 6.07) is 6.38. The quantitative estimate of drug-likeness (QED) is 0.668. The van der Waals surface area contributed by atoms with Crippen LogP contribution in [0.15, 0.2) is 44.7 Å². The first-order valence-corrected chi connectivity index (χ1v) is 9.74. The van der Waals surface area contributed by atoms with Crippen LogP contribution in [0.2, 0.25) is 0 Å². The van der Waals surface area contributed by atoms with Crippen molar-refractivity contribution in [3.63, 3.8) is 0 Å². The SMILES string of the molecule is CCCn1c(=O)c2c(C(=O)Nc3cccc(F)c3)cc(=O)n(CCC)c2n(C)c1=O. The van der Waals surface area contributed by atoms with E-state index in [4.69, 9.17) is 0 Å². The van der Waals surface area contributed by atoms with Crippen LogP contribution in [-0.2, 0) is 20.1 Å². The fraction of sp³-hybridized carbons (Fsp3) is 0.333. The van der Waals surface area contributed by atoms with Gasteiger partial charge in [0.15, 0.2) is 0 Å². The average molecular weight is 414 g/mol. The van der Waals surface area contributed by atoms with Crippen molar-refractivity contribution in [3.8, 4) is 0 Å². The van der Waals surface area contributed by atoms with Gasteiger partial charge in [-0.25, -0.2) is 9.18 Å². The van der Waals surface area contributed by atoms with E-state index in [0.29, 0.717) is 12.8 Å². The Hall–Kier alpha value is -3.49. The zero-order chi connectivity index (χ0) is 22.0. The topological polar surface area (TPSA) is 95.1 Å². The third-order valence-corrected chi connectivity index (χ3v) is 4.80. The molecule has 0 atom stereocenters. The maximum absolute atomic E-state index is 13.5. The summed E-state index contributed by atoms with van der Waals surface area (Å²) in [5.74, 6) is -1.27. The lowest BCUT2D eigenvalue weighted by molar-refractivity contribution is 0.102. The molecular weight excluding hydrogens is 391 g/mol. The summed E-state index contributed by atoms with van der Waals surface area (Å²) in [5, 5.41) is 2.50. The van der Waals surface area contributed by atoms with Crippen LogP contribution >= 0.6 is 0 Å². The normalized spacial score (nSPS) is 11.1. The molecule has 158 valence electrons. The summed E-state index contributed by atoms with van der Waals surface area (Å²) in [6.45, 7) is 4.15. The van der Waals surface area contributed by atoms with E-state index in [1.54, 1.807) is 0 Å². The van der Waals surface area contributed by atoms with Gasteiger partial charge in [0.1, 0.15) is 11.5 Å². The Kier molecular flexibility index (Phi) is 6.00. The Balaban J connectivity index is 2.35. The second-order valence-corrected chi connectivity index (χ2v) is 7.01. The highest BCUT2D eigenvalue weighted by molar-refractivity contribution is 6.11. The van der Waals surface area contributed by atoms with Crippen LogP contribution in [0, 0.1) is 5.82 Å². The Labute approximate surface area is 171 Å². The van der Waals surface area contributed by atoms with Gasteiger partial charge in [0.05, 0.1) is 10.9 Å². The minimum Gasteiger partial charge on any atom is -0.322 e. The molecule has 0 radical (unpaired) electrons. The van der Waals surface area contributed by atoms with Crippen molar-refractivity contribution in [2.24, 2.45) is 7.05 Å². The number of carbonyl (C=O) groups excluding carboxylic acids is 1. The number of pyridine rings is 1. The molecule has 1 aromatic carbocycles. The van der Waals surface area contributed by atoms with Gasteiger partial charge in [0.25, 0.3) is 17.0 Å². The van der Waals surface area contributed by atoms with Crippen molar-refractivity contribution >= 4 is 22.6 Å². The van der Waals surface area contributed by atoms with Crippen LogP contribution in [0.3, 0.4) is 0 Å². The second-order valence-electron chi connectivity index (χ2n) is 7.01. The fourth-order valence-electron chi connectivity index (χ4n) is 3.49. The number of hydrogen-bond donors (Lipinski definition) is 1. The Bertz CT molecular complexity index is 1300. The molecule has 3 aromatic rings. The van der Waals surface area contributed by atoms with Gasteiger partial charge in [-0.05, 0) is 31.0 Å². The Morgan fingerprint density at radius 3 is 2.33 bits per heavy atom. The van der Waals surface area contributed by atoms with E-state index >= 15 is 0 Å². The Morgan fingerprint density at radius 2 is 1.70 bits per heavy atom. The lowest BCUT2D eigenvalue weighted by Gasteiger charge is -2.17. The number of aromatic nitrogens is 3. The lowest BCUT2D eigenvalue weighted by atomic mass is 10.1. The molecule has 0 aliphatic carbocycles. The summed E-state index contributed by atoms with van der Waals surface area (Å²) in [6.07, 6.45) is 1.14. The molecule has 0 aliphatic rings. The first kappa shape index (κ1) is 21.2. The van der Waals surface area contributed by atoms with E-state index in [-0.39, 0.29) is 35.4 Å². The van der Waals surface area contributed by atoms with Crippen molar-refractivity contribution in [3.05, 3.63) is 72.9 Å². The molecule has 2 heterocycles. The number of anilines is 1. The monoisotopic (exact) mass is 414 g/mol. The van der Waals surface area contributed by atoms with Gasteiger partial charge in [-0.3, -0.25) is 28.1 Å². The molecule has 30 heavy (non-hydrogen) atoms. The van der Waals surface area contributed by atoms with Gasteiger partial charge in [-0.15, -0.1) is 0 Å². The third kappa shape index (κ3) is 3.70. The van der Waals surface area contributed by atoms with Crippen LogP contribution in [-0.4, -0.2) is 19.6 Å². The molecule has 1 N–H and O–H groups in total. The summed E-state index contributed by atoms with van der Waals surface area (Å²) >= 11 is 0. The molecular formula is C21H23FN4O4. The first-order valence-electron chi connectivity index (χ1n) is 9.74. The average Bonchev–Trinajstić information content (AvgIpc) is 2.70. The summed E-state index contributed by atoms with van der Waals surface area (Å²) in [5.41, 5.74) is -1.57. The molecule has 8 nitrogen and oxygen atoms in total. The van der Waals surface area contributed by atoms with Gasteiger partial charge in [0.2, 0.25) is 0 Å². The molecule has 0 saturated carbocycles. The van der Waals surface area contributed by atoms with Gasteiger partial charge in [-0.1, -0.05) is 19.9 Å². The van der Waals surface area contributed by atoms with Crippen LogP contribution in [0.1, 0.15) is 37.0 Å². The molecule has 0 fully saturated rings. The number of nitrogens with zero attached hydrogens (tertiary/aromatic N) is 3. The lowest BCUT2D eigenvalue weighted by Crippen LogP contribution is -2.42. The molecule has 2 aromatic heterocycles. The Morgan fingerprint density at radius 1 is 1.03 bits per heavy atom. The van der Waals surface area contributed by atoms with Crippen molar-refractivity contribution in [1.29, 1.82) is 0 Å². The number of aryl methyl sites for hydroxylation is 2. The smallest absolute Gasteiger partial charge is 0.322 e. The van der Waals surface area contributed by atoms with E-state index in [0.717, 1.165) is 16.7 Å². The third-order valence-electron chi connectivity index (χ3n) is 4.80. The molecule has 0 spiro atoms.